The van der Waals surface area contributed by atoms with Gasteiger partial charge in [0, 0.05) is 6.07 Å². The van der Waals surface area contributed by atoms with Crippen LogP contribution in [-0.4, -0.2) is 17.3 Å². The molecule has 2 aromatic carbocycles. The molecule has 0 saturated heterocycles. The Morgan fingerprint density at radius 2 is 1.77 bits per heavy atom. The van der Waals surface area contributed by atoms with E-state index in [0.29, 0.717) is 11.4 Å². The molecule has 1 saturated carbocycles. The number of para-hydroxylation sites is 2. The standard InChI is InChI=1S/C18H18FNO2/c19-12-9-10-18-15(11-12)20(13-5-1-3-7-16(13)21)14-6-2-4-8-17(14)22-18/h2,4,6,8-11,13,16,21H,1,3,5,7H2/t13-,16-/m0/s1. The first-order valence-corrected chi connectivity index (χ1v) is 7.78. The number of ether oxygens (including phenoxy) is 1. The molecule has 0 unspecified atom stereocenters. The van der Waals surface area contributed by atoms with Crippen LogP contribution < -0.4 is 9.64 Å². The molecule has 2 aromatic rings. The molecule has 1 N–H and O–H groups in total. The molecule has 0 spiro atoms. The van der Waals surface area contributed by atoms with Gasteiger partial charge in [0.25, 0.3) is 0 Å². The maximum absolute atomic E-state index is 13.8. The summed E-state index contributed by atoms with van der Waals surface area (Å²) in [6, 6.07) is 12.2. The van der Waals surface area contributed by atoms with Crippen LogP contribution in [0.5, 0.6) is 11.5 Å². The van der Waals surface area contributed by atoms with E-state index in [1.54, 1.807) is 6.07 Å². The fraction of sp³-hybridized carbons (Fsp3) is 0.333. The third-order valence-corrected chi connectivity index (χ3v) is 4.55. The number of nitrogens with zero attached hydrogens (tertiary/aromatic N) is 1. The predicted octanol–water partition coefficient (Wildman–Crippen LogP) is 4.37. The number of aliphatic hydroxyl groups is 1. The number of anilines is 2. The molecule has 3 nitrogen and oxygen atoms in total. The lowest BCUT2D eigenvalue weighted by molar-refractivity contribution is 0.107. The SMILES string of the molecule is O[C@H]1CCCC[C@@H]1N1c2ccccc2Oc2ccc(F)cc21. The van der Waals surface area contributed by atoms with E-state index in [4.69, 9.17) is 4.74 Å². The smallest absolute Gasteiger partial charge is 0.151 e. The quantitative estimate of drug-likeness (QED) is 0.848. The van der Waals surface area contributed by atoms with Gasteiger partial charge in [-0.25, -0.2) is 4.39 Å². The maximum Gasteiger partial charge on any atom is 0.151 e. The number of aliphatic hydroxyl groups excluding tert-OH is 1. The summed E-state index contributed by atoms with van der Waals surface area (Å²) in [5.41, 5.74) is 1.59. The number of hydrogen-bond acceptors (Lipinski definition) is 3. The highest BCUT2D eigenvalue weighted by atomic mass is 19.1. The molecule has 0 bridgehead atoms. The lowest BCUT2D eigenvalue weighted by Crippen LogP contribution is -2.44. The summed E-state index contributed by atoms with van der Waals surface area (Å²) in [6.07, 6.45) is 3.39. The Hall–Kier alpha value is -2.07. The van der Waals surface area contributed by atoms with E-state index in [1.807, 2.05) is 24.3 Å². The first kappa shape index (κ1) is 13.6. The summed E-state index contributed by atoms with van der Waals surface area (Å²) in [5.74, 6) is 1.09. The van der Waals surface area contributed by atoms with Gasteiger partial charge in [-0.1, -0.05) is 25.0 Å². The van der Waals surface area contributed by atoms with Crippen LogP contribution in [0.4, 0.5) is 15.8 Å². The van der Waals surface area contributed by atoms with Gasteiger partial charge >= 0.3 is 0 Å². The van der Waals surface area contributed by atoms with Crippen LogP contribution >= 0.6 is 0 Å². The molecular formula is C18H18FNO2. The van der Waals surface area contributed by atoms with Crippen LogP contribution in [0.25, 0.3) is 0 Å². The Kier molecular flexibility index (Phi) is 3.26. The number of benzene rings is 2. The molecule has 4 rings (SSSR count). The van der Waals surface area contributed by atoms with Crippen molar-refractivity contribution in [3.8, 4) is 11.5 Å². The zero-order valence-electron chi connectivity index (χ0n) is 12.2. The van der Waals surface area contributed by atoms with E-state index < -0.39 is 6.10 Å². The van der Waals surface area contributed by atoms with E-state index in [9.17, 15) is 9.50 Å². The van der Waals surface area contributed by atoms with Gasteiger partial charge in [-0.05, 0) is 37.1 Å². The van der Waals surface area contributed by atoms with Gasteiger partial charge in [0.1, 0.15) is 5.82 Å². The largest absolute Gasteiger partial charge is 0.453 e. The number of halogens is 1. The van der Waals surface area contributed by atoms with Crippen LogP contribution in [-0.2, 0) is 0 Å². The molecule has 0 radical (unpaired) electrons. The average molecular weight is 299 g/mol. The van der Waals surface area contributed by atoms with Crippen molar-refractivity contribution in [2.75, 3.05) is 4.90 Å². The van der Waals surface area contributed by atoms with Gasteiger partial charge in [0.15, 0.2) is 11.5 Å². The molecule has 22 heavy (non-hydrogen) atoms. The Morgan fingerprint density at radius 3 is 2.64 bits per heavy atom. The average Bonchev–Trinajstić information content (AvgIpc) is 2.54. The van der Waals surface area contributed by atoms with Crippen LogP contribution in [0.2, 0.25) is 0 Å². The highest BCUT2D eigenvalue weighted by Gasteiger charge is 2.35. The minimum absolute atomic E-state index is 0.0423. The third kappa shape index (κ3) is 2.15. The Labute approximate surface area is 128 Å². The van der Waals surface area contributed by atoms with Crippen molar-refractivity contribution in [1.82, 2.24) is 0 Å². The molecule has 1 aliphatic heterocycles. The topological polar surface area (TPSA) is 32.7 Å². The van der Waals surface area contributed by atoms with Crippen LogP contribution in [0.15, 0.2) is 42.5 Å². The normalized spacial score (nSPS) is 23.5. The molecule has 1 fully saturated rings. The fourth-order valence-electron chi connectivity index (χ4n) is 3.51. The van der Waals surface area contributed by atoms with Gasteiger partial charge in [-0.15, -0.1) is 0 Å². The molecule has 2 aliphatic rings. The van der Waals surface area contributed by atoms with E-state index in [-0.39, 0.29) is 11.9 Å². The zero-order valence-corrected chi connectivity index (χ0v) is 12.2. The van der Waals surface area contributed by atoms with Gasteiger partial charge < -0.3 is 14.7 Å². The van der Waals surface area contributed by atoms with Crippen molar-refractivity contribution >= 4 is 11.4 Å². The summed E-state index contributed by atoms with van der Waals surface area (Å²) in [7, 11) is 0. The molecule has 0 amide bonds. The summed E-state index contributed by atoms with van der Waals surface area (Å²) >= 11 is 0. The van der Waals surface area contributed by atoms with Gasteiger partial charge in [0.2, 0.25) is 0 Å². The van der Waals surface area contributed by atoms with Crippen LogP contribution in [0.1, 0.15) is 25.7 Å². The molecule has 2 atom stereocenters. The maximum atomic E-state index is 13.8. The van der Waals surface area contributed by atoms with Crippen molar-refractivity contribution in [2.45, 2.75) is 37.8 Å². The van der Waals surface area contributed by atoms with Crippen molar-refractivity contribution in [3.63, 3.8) is 0 Å². The van der Waals surface area contributed by atoms with Gasteiger partial charge in [0.05, 0.1) is 23.5 Å². The second-order valence-corrected chi connectivity index (χ2v) is 5.97. The first-order chi connectivity index (χ1) is 10.7. The molecule has 1 heterocycles. The predicted molar refractivity (Wildman–Crippen MR) is 83.3 cm³/mol. The number of hydrogen-bond donors (Lipinski definition) is 1. The lowest BCUT2D eigenvalue weighted by Gasteiger charge is -2.42. The monoisotopic (exact) mass is 299 g/mol. The summed E-state index contributed by atoms with van der Waals surface area (Å²) in [4.78, 5) is 2.06. The fourth-order valence-corrected chi connectivity index (χ4v) is 3.51. The third-order valence-electron chi connectivity index (χ3n) is 4.55. The van der Waals surface area contributed by atoms with E-state index in [0.717, 1.165) is 37.1 Å². The summed E-state index contributed by atoms with van der Waals surface area (Å²) in [5, 5.41) is 10.5. The minimum atomic E-state index is -0.406. The van der Waals surface area contributed by atoms with E-state index in [1.165, 1.54) is 12.1 Å². The minimum Gasteiger partial charge on any atom is -0.453 e. The van der Waals surface area contributed by atoms with Crippen molar-refractivity contribution < 1.29 is 14.2 Å². The highest BCUT2D eigenvalue weighted by molar-refractivity contribution is 5.78. The summed E-state index contributed by atoms with van der Waals surface area (Å²) in [6.45, 7) is 0. The second kappa shape index (κ2) is 5.29. The Balaban J connectivity index is 1.86. The van der Waals surface area contributed by atoms with Crippen molar-refractivity contribution in [3.05, 3.63) is 48.3 Å². The second-order valence-electron chi connectivity index (χ2n) is 5.97. The summed E-state index contributed by atoms with van der Waals surface area (Å²) < 4.78 is 19.7. The number of rotatable bonds is 1. The Bertz CT molecular complexity index is 703. The molecule has 1 aliphatic carbocycles. The van der Waals surface area contributed by atoms with Crippen molar-refractivity contribution in [1.29, 1.82) is 0 Å². The zero-order chi connectivity index (χ0) is 15.1. The lowest BCUT2D eigenvalue weighted by atomic mass is 9.90. The van der Waals surface area contributed by atoms with E-state index >= 15 is 0 Å². The molecule has 0 aromatic heterocycles. The van der Waals surface area contributed by atoms with Gasteiger partial charge in [-0.3, -0.25) is 0 Å². The Morgan fingerprint density at radius 1 is 1.00 bits per heavy atom. The van der Waals surface area contributed by atoms with E-state index in [2.05, 4.69) is 4.90 Å². The highest BCUT2D eigenvalue weighted by Crippen LogP contribution is 2.49. The molecule has 114 valence electrons. The van der Waals surface area contributed by atoms with Crippen LogP contribution in [0, 0.1) is 5.82 Å². The number of fused-ring (bicyclic) bond motifs is 2. The van der Waals surface area contributed by atoms with Crippen LogP contribution in [0.3, 0.4) is 0 Å². The van der Waals surface area contributed by atoms with Crippen molar-refractivity contribution in [2.24, 2.45) is 0 Å². The molecule has 4 heteroatoms. The first-order valence-electron chi connectivity index (χ1n) is 7.78. The molecular weight excluding hydrogens is 281 g/mol. The van der Waals surface area contributed by atoms with Gasteiger partial charge in [-0.2, -0.15) is 0 Å².